The van der Waals surface area contributed by atoms with Crippen LogP contribution in [0.5, 0.6) is 0 Å². The average Bonchev–Trinajstić information content (AvgIpc) is 3.43. The highest BCUT2D eigenvalue weighted by Crippen LogP contribution is 2.39. The van der Waals surface area contributed by atoms with Crippen LogP contribution in [0, 0.1) is 5.92 Å². The van der Waals surface area contributed by atoms with Gasteiger partial charge in [-0.25, -0.2) is 13.1 Å². The van der Waals surface area contributed by atoms with E-state index in [0.717, 1.165) is 29.7 Å². The molecule has 0 aromatic heterocycles. The van der Waals surface area contributed by atoms with Crippen molar-refractivity contribution in [3.8, 4) is 0 Å². The largest absolute Gasteiger partial charge is 0.309 e. The molecule has 1 heterocycles. The maximum atomic E-state index is 12.8. The van der Waals surface area contributed by atoms with Crippen LogP contribution in [0.1, 0.15) is 43.9 Å². The molecule has 1 aliphatic carbocycles. The molecule has 0 saturated heterocycles. The molecule has 2 atom stereocenters. The summed E-state index contributed by atoms with van der Waals surface area (Å²) >= 11 is 0. The van der Waals surface area contributed by atoms with Crippen molar-refractivity contribution in [2.75, 3.05) is 4.90 Å². The molecule has 0 radical (unpaired) electrons. The number of nitrogens with one attached hydrogen (secondary N) is 1. The molecule has 2 aromatic carbocycles. The van der Waals surface area contributed by atoms with E-state index >= 15 is 0 Å². The molecule has 5 nitrogen and oxygen atoms in total. The van der Waals surface area contributed by atoms with Gasteiger partial charge in [-0.2, -0.15) is 0 Å². The van der Waals surface area contributed by atoms with E-state index in [1.807, 2.05) is 49.1 Å². The van der Waals surface area contributed by atoms with Crippen LogP contribution in [0.4, 0.5) is 5.69 Å². The third-order valence-corrected chi connectivity index (χ3v) is 6.91. The predicted octanol–water partition coefficient (Wildman–Crippen LogP) is 3.41. The predicted molar refractivity (Wildman–Crippen MR) is 105 cm³/mol. The van der Waals surface area contributed by atoms with Gasteiger partial charge in [-0.15, -0.1) is 0 Å². The van der Waals surface area contributed by atoms with Crippen LogP contribution in [0.2, 0.25) is 0 Å². The minimum absolute atomic E-state index is 0.0715. The lowest BCUT2D eigenvalue weighted by molar-refractivity contribution is -0.120. The van der Waals surface area contributed by atoms with Crippen LogP contribution in [-0.4, -0.2) is 20.4 Å². The van der Waals surface area contributed by atoms with Crippen LogP contribution in [-0.2, 0) is 21.2 Å². The smallest absolute Gasteiger partial charge is 0.241 e. The van der Waals surface area contributed by atoms with Crippen LogP contribution in [0.3, 0.4) is 0 Å². The lowest BCUT2D eigenvalue weighted by atomic mass is 10.1. The van der Waals surface area contributed by atoms with Gasteiger partial charge in [0, 0.05) is 23.7 Å². The van der Waals surface area contributed by atoms with Crippen molar-refractivity contribution in [2.45, 2.75) is 50.1 Å². The fourth-order valence-corrected chi connectivity index (χ4v) is 5.03. The van der Waals surface area contributed by atoms with Gasteiger partial charge in [0.05, 0.1) is 4.90 Å². The Kier molecular flexibility index (Phi) is 4.56. The van der Waals surface area contributed by atoms with Crippen molar-refractivity contribution in [1.29, 1.82) is 0 Å². The summed E-state index contributed by atoms with van der Waals surface area (Å²) in [5.41, 5.74) is 2.69. The Bertz CT molecular complexity index is 968. The highest BCUT2D eigenvalue weighted by Gasteiger charge is 2.39. The molecule has 1 amide bonds. The summed E-state index contributed by atoms with van der Waals surface area (Å²) in [6, 6.07) is 14.3. The molecule has 1 saturated carbocycles. The van der Waals surface area contributed by atoms with Crippen molar-refractivity contribution in [3.05, 3.63) is 59.7 Å². The van der Waals surface area contributed by atoms with Crippen LogP contribution >= 0.6 is 0 Å². The number of carbonyl (C=O) groups excluding carboxylic acids is 1. The first-order chi connectivity index (χ1) is 12.9. The van der Waals surface area contributed by atoms with Crippen molar-refractivity contribution < 1.29 is 13.2 Å². The van der Waals surface area contributed by atoms with Gasteiger partial charge in [-0.1, -0.05) is 30.3 Å². The van der Waals surface area contributed by atoms with Gasteiger partial charge in [0.1, 0.15) is 0 Å². The number of fused-ring (bicyclic) bond motifs is 1. The van der Waals surface area contributed by atoms with E-state index in [0.29, 0.717) is 6.42 Å². The van der Waals surface area contributed by atoms with Crippen LogP contribution < -0.4 is 9.62 Å². The van der Waals surface area contributed by atoms with E-state index in [-0.39, 0.29) is 28.8 Å². The van der Waals surface area contributed by atoms with E-state index < -0.39 is 10.0 Å². The van der Waals surface area contributed by atoms with Gasteiger partial charge in [-0.3, -0.25) is 4.79 Å². The molecule has 0 bridgehead atoms. The summed E-state index contributed by atoms with van der Waals surface area (Å²) in [4.78, 5) is 14.7. The lowest BCUT2D eigenvalue weighted by Crippen LogP contribution is -2.36. The number of carbonyl (C=O) groups is 1. The SMILES string of the molecule is C[C@H](NS(=O)(=O)c1ccc2c(c1)C[C@H](C)N2C(=O)C1CC1)c1ccccc1. The standard InChI is InChI=1S/C21H24N2O3S/c1-14-12-18-13-19(10-11-20(18)23(14)21(24)17-8-9-17)27(25,26)22-15(2)16-6-4-3-5-7-16/h3-7,10-11,13-15,17,22H,8-9,12H2,1-2H3/t14-,15-/m0/s1. The maximum absolute atomic E-state index is 12.8. The van der Waals surface area contributed by atoms with Gasteiger partial charge < -0.3 is 4.90 Å². The van der Waals surface area contributed by atoms with E-state index in [4.69, 9.17) is 0 Å². The third-order valence-electron chi connectivity index (χ3n) is 5.37. The Labute approximate surface area is 160 Å². The zero-order valence-electron chi connectivity index (χ0n) is 15.6. The maximum Gasteiger partial charge on any atom is 0.241 e. The Morgan fingerprint density at radius 2 is 1.85 bits per heavy atom. The number of anilines is 1. The minimum atomic E-state index is -3.64. The second kappa shape index (κ2) is 6.77. The quantitative estimate of drug-likeness (QED) is 0.859. The summed E-state index contributed by atoms with van der Waals surface area (Å²) in [5, 5.41) is 0. The highest BCUT2D eigenvalue weighted by molar-refractivity contribution is 7.89. The van der Waals surface area contributed by atoms with Crippen LogP contribution in [0.15, 0.2) is 53.4 Å². The fourth-order valence-electron chi connectivity index (χ4n) is 3.75. The zero-order chi connectivity index (χ0) is 19.2. The molecule has 2 aromatic rings. The van der Waals surface area contributed by atoms with Crippen molar-refractivity contribution in [2.24, 2.45) is 5.92 Å². The molecule has 27 heavy (non-hydrogen) atoms. The monoisotopic (exact) mass is 384 g/mol. The molecule has 4 rings (SSSR count). The number of hydrogen-bond donors (Lipinski definition) is 1. The van der Waals surface area contributed by atoms with Gasteiger partial charge in [-0.05, 0) is 62.4 Å². The Hall–Kier alpha value is -2.18. The lowest BCUT2D eigenvalue weighted by Gasteiger charge is -2.22. The van der Waals surface area contributed by atoms with Gasteiger partial charge in [0.15, 0.2) is 0 Å². The second-order valence-corrected chi connectivity index (χ2v) is 9.29. The molecule has 6 heteroatoms. The molecule has 1 N–H and O–H groups in total. The summed E-state index contributed by atoms with van der Waals surface area (Å²) in [6.07, 6.45) is 2.61. The third kappa shape index (κ3) is 3.51. The Balaban J connectivity index is 1.58. The summed E-state index contributed by atoms with van der Waals surface area (Å²) < 4.78 is 28.4. The molecule has 1 aliphatic heterocycles. The number of amides is 1. The van der Waals surface area contributed by atoms with E-state index in [1.54, 1.807) is 18.2 Å². The molecular weight excluding hydrogens is 360 g/mol. The van der Waals surface area contributed by atoms with Gasteiger partial charge in [0.2, 0.25) is 15.9 Å². The number of sulfonamides is 1. The fraction of sp³-hybridized carbons (Fsp3) is 0.381. The summed E-state index contributed by atoms with van der Waals surface area (Å²) in [6.45, 7) is 3.85. The molecule has 1 fully saturated rings. The van der Waals surface area contributed by atoms with E-state index in [2.05, 4.69) is 4.72 Å². The Morgan fingerprint density at radius 1 is 1.15 bits per heavy atom. The molecule has 0 spiro atoms. The molecule has 0 unspecified atom stereocenters. The molecular formula is C21H24N2O3S. The average molecular weight is 385 g/mol. The molecule has 142 valence electrons. The van der Waals surface area contributed by atoms with Crippen LogP contribution in [0.25, 0.3) is 0 Å². The Morgan fingerprint density at radius 3 is 2.52 bits per heavy atom. The molecule has 2 aliphatic rings. The number of rotatable bonds is 5. The minimum Gasteiger partial charge on any atom is -0.309 e. The van der Waals surface area contributed by atoms with Crippen molar-refractivity contribution >= 4 is 21.6 Å². The number of nitrogens with zero attached hydrogens (tertiary/aromatic N) is 1. The summed E-state index contributed by atoms with van der Waals surface area (Å²) in [5.74, 6) is 0.322. The van der Waals surface area contributed by atoms with E-state index in [9.17, 15) is 13.2 Å². The number of hydrogen-bond acceptors (Lipinski definition) is 3. The van der Waals surface area contributed by atoms with Gasteiger partial charge in [0.25, 0.3) is 0 Å². The second-order valence-electron chi connectivity index (χ2n) is 7.58. The van der Waals surface area contributed by atoms with Crippen molar-refractivity contribution in [3.63, 3.8) is 0 Å². The first-order valence-corrected chi connectivity index (χ1v) is 10.9. The topological polar surface area (TPSA) is 66.5 Å². The first kappa shape index (κ1) is 18.2. The zero-order valence-corrected chi connectivity index (χ0v) is 16.4. The normalized spacial score (nSPS) is 20.4. The van der Waals surface area contributed by atoms with Crippen molar-refractivity contribution in [1.82, 2.24) is 4.72 Å². The van der Waals surface area contributed by atoms with Gasteiger partial charge >= 0.3 is 0 Å². The number of benzene rings is 2. The van der Waals surface area contributed by atoms with E-state index in [1.165, 1.54) is 0 Å². The summed E-state index contributed by atoms with van der Waals surface area (Å²) in [7, 11) is -3.64. The first-order valence-electron chi connectivity index (χ1n) is 9.40. The highest BCUT2D eigenvalue weighted by atomic mass is 32.2.